The maximum atomic E-state index is 12.6. The molecular formula is C14H11ClF3N3O2S2. The quantitative estimate of drug-likeness (QED) is 0.755. The average molecular weight is 410 g/mol. The van der Waals surface area contributed by atoms with Crippen molar-refractivity contribution in [3.63, 3.8) is 0 Å². The normalized spacial score (nSPS) is 21.0. The number of thiazole rings is 1. The molecule has 2 amide bonds. The number of nitrogens with zero attached hydrogens (tertiary/aromatic N) is 1. The van der Waals surface area contributed by atoms with E-state index in [0.29, 0.717) is 10.0 Å². The Morgan fingerprint density at radius 3 is 2.72 bits per heavy atom. The molecule has 0 saturated carbocycles. The van der Waals surface area contributed by atoms with Crippen molar-refractivity contribution >= 4 is 51.2 Å². The van der Waals surface area contributed by atoms with Crippen LogP contribution in [0, 0.1) is 5.92 Å². The number of carbonyl (C=O) groups excluding carboxylic acids is 2. The number of alkyl halides is 3. The maximum absolute atomic E-state index is 12.6. The van der Waals surface area contributed by atoms with Gasteiger partial charge in [0, 0.05) is 5.38 Å². The van der Waals surface area contributed by atoms with Crippen LogP contribution in [0.15, 0.2) is 17.5 Å². The van der Waals surface area contributed by atoms with E-state index in [1.54, 1.807) is 17.5 Å². The number of thiophene rings is 1. The van der Waals surface area contributed by atoms with E-state index >= 15 is 0 Å². The standard InChI is InChI=1S/C14H11ClF3N3O2S2/c15-10-4-2-8(25-10)7-5-24-13(19-7)21-12(23)6-1-3-9(14(16,17)18)20-11(6)22/h2,4-6,9H,1,3H2,(H,20,22)(H,19,21,23)/t6-,9+/m0/s1. The molecule has 0 aromatic carbocycles. The first kappa shape index (κ1) is 18.2. The molecule has 1 aliphatic heterocycles. The maximum Gasteiger partial charge on any atom is 0.408 e. The summed E-state index contributed by atoms with van der Waals surface area (Å²) >= 11 is 8.35. The highest BCUT2D eigenvalue weighted by Crippen LogP contribution is 2.33. The lowest BCUT2D eigenvalue weighted by Gasteiger charge is -2.29. The van der Waals surface area contributed by atoms with Gasteiger partial charge in [-0.25, -0.2) is 4.98 Å². The van der Waals surface area contributed by atoms with Crippen LogP contribution in [0.3, 0.4) is 0 Å². The number of hydrogen-bond acceptors (Lipinski definition) is 5. The molecule has 134 valence electrons. The summed E-state index contributed by atoms with van der Waals surface area (Å²) in [5, 5.41) is 6.34. The van der Waals surface area contributed by atoms with Crippen molar-refractivity contribution in [2.24, 2.45) is 5.92 Å². The summed E-state index contributed by atoms with van der Waals surface area (Å²) in [4.78, 5) is 29.0. The Hall–Kier alpha value is -1.65. The van der Waals surface area contributed by atoms with Gasteiger partial charge in [0.2, 0.25) is 11.8 Å². The molecular weight excluding hydrogens is 399 g/mol. The molecule has 1 aliphatic rings. The van der Waals surface area contributed by atoms with Gasteiger partial charge in [0.1, 0.15) is 12.0 Å². The Bertz CT molecular complexity index is 805. The van der Waals surface area contributed by atoms with E-state index in [9.17, 15) is 22.8 Å². The summed E-state index contributed by atoms with van der Waals surface area (Å²) in [6, 6.07) is 1.61. The monoisotopic (exact) mass is 409 g/mol. The molecule has 2 aromatic rings. The molecule has 3 heterocycles. The van der Waals surface area contributed by atoms with Crippen LogP contribution in [-0.2, 0) is 9.59 Å². The highest BCUT2D eigenvalue weighted by Gasteiger charge is 2.45. The molecule has 1 saturated heterocycles. The molecule has 25 heavy (non-hydrogen) atoms. The second-order valence-corrected chi connectivity index (χ2v) is 7.94. The van der Waals surface area contributed by atoms with Crippen LogP contribution in [0.4, 0.5) is 18.3 Å². The molecule has 0 aliphatic carbocycles. The Balaban J connectivity index is 1.63. The minimum Gasteiger partial charge on any atom is -0.344 e. The predicted octanol–water partition coefficient (Wildman–Crippen LogP) is 3.92. The van der Waals surface area contributed by atoms with E-state index in [1.165, 1.54) is 11.3 Å². The number of rotatable bonds is 3. The number of piperidine rings is 1. The summed E-state index contributed by atoms with van der Waals surface area (Å²) in [6.07, 6.45) is -5.01. The second-order valence-electron chi connectivity index (χ2n) is 5.36. The van der Waals surface area contributed by atoms with Gasteiger partial charge in [0.25, 0.3) is 0 Å². The fourth-order valence-corrected chi connectivity index (χ4v) is 4.19. The van der Waals surface area contributed by atoms with Gasteiger partial charge in [-0.3, -0.25) is 9.59 Å². The van der Waals surface area contributed by atoms with Gasteiger partial charge < -0.3 is 10.6 Å². The van der Waals surface area contributed by atoms with Crippen molar-refractivity contribution in [2.75, 3.05) is 5.32 Å². The Morgan fingerprint density at radius 1 is 1.36 bits per heavy atom. The van der Waals surface area contributed by atoms with Gasteiger partial charge in [-0.2, -0.15) is 13.2 Å². The Morgan fingerprint density at radius 2 is 2.12 bits per heavy atom. The van der Waals surface area contributed by atoms with Crippen LogP contribution >= 0.6 is 34.3 Å². The number of hydrogen-bond donors (Lipinski definition) is 2. The van der Waals surface area contributed by atoms with E-state index in [0.717, 1.165) is 16.2 Å². The fraction of sp³-hybridized carbons (Fsp3) is 0.357. The van der Waals surface area contributed by atoms with Crippen molar-refractivity contribution in [3.05, 3.63) is 21.8 Å². The Labute approximate surface area is 153 Å². The summed E-state index contributed by atoms with van der Waals surface area (Å²) in [6.45, 7) is 0. The van der Waals surface area contributed by atoms with E-state index in [2.05, 4.69) is 10.3 Å². The third-order valence-electron chi connectivity index (χ3n) is 3.65. The highest BCUT2D eigenvalue weighted by molar-refractivity contribution is 7.20. The van der Waals surface area contributed by atoms with Crippen LogP contribution in [-0.4, -0.2) is 29.0 Å². The van der Waals surface area contributed by atoms with Crippen LogP contribution in [0.25, 0.3) is 10.6 Å². The van der Waals surface area contributed by atoms with Crippen molar-refractivity contribution < 1.29 is 22.8 Å². The van der Waals surface area contributed by atoms with E-state index in [-0.39, 0.29) is 18.0 Å². The summed E-state index contributed by atoms with van der Waals surface area (Å²) < 4.78 is 38.5. The largest absolute Gasteiger partial charge is 0.408 e. The summed E-state index contributed by atoms with van der Waals surface area (Å²) in [5.74, 6) is -2.75. The zero-order valence-corrected chi connectivity index (χ0v) is 14.8. The first-order valence-electron chi connectivity index (χ1n) is 7.13. The van der Waals surface area contributed by atoms with Gasteiger partial charge in [0.15, 0.2) is 5.13 Å². The van der Waals surface area contributed by atoms with Crippen molar-refractivity contribution in [1.29, 1.82) is 0 Å². The van der Waals surface area contributed by atoms with Gasteiger partial charge in [0.05, 0.1) is 14.9 Å². The third kappa shape index (κ3) is 4.13. The molecule has 2 N–H and O–H groups in total. The SMILES string of the molecule is O=C(Nc1nc(-c2ccc(Cl)s2)cs1)[C@H]1CC[C@H](C(F)(F)F)NC1=O. The zero-order valence-electron chi connectivity index (χ0n) is 12.4. The number of carbonyl (C=O) groups is 2. The number of anilines is 1. The number of halogens is 4. The van der Waals surface area contributed by atoms with Gasteiger partial charge in [-0.15, -0.1) is 22.7 Å². The van der Waals surface area contributed by atoms with Crippen molar-refractivity contribution in [3.8, 4) is 10.6 Å². The van der Waals surface area contributed by atoms with Gasteiger partial charge in [-0.05, 0) is 25.0 Å². The molecule has 0 bridgehead atoms. The smallest absolute Gasteiger partial charge is 0.344 e. The Kier molecular flexibility index (Phi) is 5.03. The molecule has 1 fully saturated rings. The highest BCUT2D eigenvalue weighted by atomic mass is 35.5. The van der Waals surface area contributed by atoms with Crippen LogP contribution in [0.2, 0.25) is 4.34 Å². The van der Waals surface area contributed by atoms with E-state index in [4.69, 9.17) is 11.6 Å². The molecule has 2 atom stereocenters. The van der Waals surface area contributed by atoms with Gasteiger partial charge >= 0.3 is 6.18 Å². The molecule has 0 spiro atoms. The van der Waals surface area contributed by atoms with E-state index < -0.39 is 30.0 Å². The third-order valence-corrected chi connectivity index (χ3v) is 5.66. The molecule has 11 heteroatoms. The van der Waals surface area contributed by atoms with Crippen LogP contribution in [0.1, 0.15) is 12.8 Å². The number of nitrogens with one attached hydrogen (secondary N) is 2. The average Bonchev–Trinajstić information content (AvgIpc) is 3.15. The van der Waals surface area contributed by atoms with Crippen LogP contribution in [0.5, 0.6) is 0 Å². The summed E-state index contributed by atoms with van der Waals surface area (Å²) in [5.41, 5.74) is 0.627. The number of aromatic nitrogens is 1. The lowest BCUT2D eigenvalue weighted by Crippen LogP contribution is -2.53. The molecule has 0 unspecified atom stereocenters. The van der Waals surface area contributed by atoms with Crippen LogP contribution < -0.4 is 10.6 Å². The summed E-state index contributed by atoms with van der Waals surface area (Å²) in [7, 11) is 0. The first-order chi connectivity index (χ1) is 11.7. The minimum atomic E-state index is -4.51. The van der Waals surface area contributed by atoms with Crippen molar-refractivity contribution in [2.45, 2.75) is 25.1 Å². The lowest BCUT2D eigenvalue weighted by atomic mass is 9.93. The fourth-order valence-electron chi connectivity index (χ4n) is 2.39. The lowest BCUT2D eigenvalue weighted by molar-refractivity contribution is -0.170. The first-order valence-corrected chi connectivity index (χ1v) is 9.20. The number of amides is 2. The van der Waals surface area contributed by atoms with Gasteiger partial charge in [-0.1, -0.05) is 11.6 Å². The van der Waals surface area contributed by atoms with E-state index in [1.807, 2.05) is 5.32 Å². The second kappa shape index (κ2) is 6.93. The molecule has 3 rings (SSSR count). The minimum absolute atomic E-state index is 0.166. The molecule has 5 nitrogen and oxygen atoms in total. The predicted molar refractivity (Wildman–Crippen MR) is 89.8 cm³/mol. The van der Waals surface area contributed by atoms with Crippen molar-refractivity contribution in [1.82, 2.24) is 10.3 Å². The molecule has 2 aromatic heterocycles. The zero-order chi connectivity index (χ0) is 18.2. The molecule has 0 radical (unpaired) electrons. The topological polar surface area (TPSA) is 71.1 Å².